The summed E-state index contributed by atoms with van der Waals surface area (Å²) in [5, 5.41) is 16.7. The molecule has 1 heterocycles. The first kappa shape index (κ1) is 11.8. The second-order valence-corrected chi connectivity index (χ2v) is 4.38. The molecule has 0 aliphatic carbocycles. The van der Waals surface area contributed by atoms with Crippen LogP contribution >= 0.6 is 0 Å². The molecule has 92 valence electrons. The van der Waals surface area contributed by atoms with Crippen LogP contribution in [0.4, 0.5) is 0 Å². The van der Waals surface area contributed by atoms with E-state index in [1.54, 1.807) is 24.3 Å². The van der Waals surface area contributed by atoms with Gasteiger partial charge in [-0.15, -0.1) is 0 Å². The van der Waals surface area contributed by atoms with Crippen LogP contribution in [0, 0.1) is 5.41 Å². The van der Waals surface area contributed by atoms with E-state index in [1.807, 2.05) is 6.92 Å². The van der Waals surface area contributed by atoms with Gasteiger partial charge in [0.25, 0.3) is 0 Å². The summed E-state index contributed by atoms with van der Waals surface area (Å²) in [6, 6.07) is 6.82. The van der Waals surface area contributed by atoms with E-state index in [1.165, 1.54) is 0 Å². The number of likely N-dealkylation sites (tertiary alicyclic amines) is 1. The number of hydrogen-bond donors (Lipinski definition) is 2. The minimum absolute atomic E-state index is 0.218. The van der Waals surface area contributed by atoms with E-state index in [4.69, 9.17) is 10.1 Å². The van der Waals surface area contributed by atoms with E-state index in [0.29, 0.717) is 5.84 Å². The van der Waals surface area contributed by atoms with Crippen molar-refractivity contribution >= 4 is 5.84 Å². The molecule has 1 fully saturated rings. The second-order valence-electron chi connectivity index (χ2n) is 4.38. The first-order chi connectivity index (χ1) is 8.15. The lowest BCUT2D eigenvalue weighted by Gasteiger charge is -2.32. The minimum Gasteiger partial charge on any atom is -0.508 e. The van der Waals surface area contributed by atoms with E-state index in [-0.39, 0.29) is 11.9 Å². The van der Waals surface area contributed by atoms with Gasteiger partial charge in [0.05, 0.1) is 5.84 Å². The highest BCUT2D eigenvalue weighted by Crippen LogP contribution is 2.21. The molecule has 1 aliphatic rings. The highest BCUT2D eigenvalue weighted by Gasteiger charge is 2.20. The Morgan fingerprint density at radius 3 is 2.41 bits per heavy atom. The molecule has 0 aromatic heterocycles. The molecule has 0 amide bonds. The fourth-order valence-electron chi connectivity index (χ4n) is 2.03. The maximum absolute atomic E-state index is 9.17. The summed E-state index contributed by atoms with van der Waals surface area (Å²) in [4.78, 5) is 2.07. The van der Waals surface area contributed by atoms with Crippen molar-refractivity contribution in [2.45, 2.75) is 25.9 Å². The lowest BCUT2D eigenvalue weighted by Crippen LogP contribution is -2.40. The Balaban J connectivity index is 1.85. The molecule has 2 rings (SSSR count). The molecule has 4 nitrogen and oxygen atoms in total. The monoisotopic (exact) mass is 234 g/mol. The van der Waals surface area contributed by atoms with Crippen LogP contribution in [0.2, 0.25) is 0 Å². The number of rotatable bonds is 2. The summed E-state index contributed by atoms with van der Waals surface area (Å²) >= 11 is 0. The molecule has 1 aromatic rings. The average Bonchev–Trinajstić information content (AvgIpc) is 2.33. The molecule has 1 saturated heterocycles. The highest BCUT2D eigenvalue weighted by molar-refractivity contribution is 5.76. The summed E-state index contributed by atoms with van der Waals surface area (Å²) in [6.45, 7) is 3.59. The Morgan fingerprint density at radius 1 is 1.29 bits per heavy atom. The van der Waals surface area contributed by atoms with Gasteiger partial charge in [-0.1, -0.05) is 0 Å². The van der Waals surface area contributed by atoms with Crippen molar-refractivity contribution in [2.75, 3.05) is 13.1 Å². The van der Waals surface area contributed by atoms with Gasteiger partial charge in [0.15, 0.2) is 0 Å². The van der Waals surface area contributed by atoms with E-state index in [0.717, 1.165) is 31.7 Å². The Morgan fingerprint density at radius 2 is 1.88 bits per heavy atom. The minimum atomic E-state index is 0.218. The molecule has 0 radical (unpaired) electrons. The average molecular weight is 234 g/mol. The Kier molecular flexibility index (Phi) is 3.52. The fraction of sp³-hybridized carbons (Fsp3) is 0.462. The van der Waals surface area contributed by atoms with E-state index >= 15 is 0 Å². The van der Waals surface area contributed by atoms with Gasteiger partial charge in [-0.2, -0.15) is 0 Å². The molecule has 0 unspecified atom stereocenters. The number of phenolic OH excluding ortho intramolecular Hbond substituents is 1. The topological polar surface area (TPSA) is 56.6 Å². The lowest BCUT2D eigenvalue weighted by molar-refractivity contribution is 0.130. The van der Waals surface area contributed by atoms with Gasteiger partial charge >= 0.3 is 0 Å². The molecule has 0 atom stereocenters. The molecule has 0 bridgehead atoms. The summed E-state index contributed by atoms with van der Waals surface area (Å²) in [6.07, 6.45) is 2.10. The molecule has 1 aliphatic heterocycles. The summed E-state index contributed by atoms with van der Waals surface area (Å²) < 4.78 is 5.83. The molecule has 4 heteroatoms. The van der Waals surface area contributed by atoms with Gasteiger partial charge < -0.3 is 14.7 Å². The maximum atomic E-state index is 9.17. The van der Waals surface area contributed by atoms with Crippen LogP contribution in [-0.2, 0) is 0 Å². The number of ether oxygens (including phenoxy) is 1. The number of hydrogen-bond acceptors (Lipinski definition) is 3. The summed E-state index contributed by atoms with van der Waals surface area (Å²) in [7, 11) is 0. The van der Waals surface area contributed by atoms with Crippen molar-refractivity contribution in [3.8, 4) is 11.5 Å². The molecular formula is C13H18N2O2. The third kappa shape index (κ3) is 3.12. The van der Waals surface area contributed by atoms with E-state index in [2.05, 4.69) is 4.90 Å². The number of nitrogens with one attached hydrogen (secondary N) is 1. The second kappa shape index (κ2) is 5.08. The van der Waals surface area contributed by atoms with Crippen molar-refractivity contribution < 1.29 is 9.84 Å². The molecule has 1 aromatic carbocycles. The zero-order valence-electron chi connectivity index (χ0n) is 10.0. The first-order valence-electron chi connectivity index (χ1n) is 5.91. The van der Waals surface area contributed by atoms with Gasteiger partial charge in [0, 0.05) is 25.9 Å². The molecule has 0 saturated carbocycles. The lowest BCUT2D eigenvalue weighted by atomic mass is 10.1. The molecule has 0 spiro atoms. The predicted octanol–water partition coefficient (Wildman–Crippen LogP) is 2.23. The Bertz CT molecular complexity index is 381. The maximum Gasteiger partial charge on any atom is 0.119 e. The number of nitrogens with zero attached hydrogens (tertiary/aromatic N) is 1. The zero-order valence-corrected chi connectivity index (χ0v) is 10.0. The van der Waals surface area contributed by atoms with E-state index in [9.17, 15) is 5.11 Å². The van der Waals surface area contributed by atoms with Crippen molar-refractivity contribution in [1.29, 1.82) is 5.41 Å². The number of amidine groups is 1. The molecule has 17 heavy (non-hydrogen) atoms. The smallest absolute Gasteiger partial charge is 0.119 e. The SMILES string of the molecule is CC(=N)N1CCC(Oc2ccc(O)cc2)CC1. The van der Waals surface area contributed by atoms with Crippen LogP contribution in [0.1, 0.15) is 19.8 Å². The zero-order chi connectivity index (χ0) is 12.3. The summed E-state index contributed by atoms with van der Waals surface area (Å²) in [5.74, 6) is 1.69. The van der Waals surface area contributed by atoms with Crippen LogP contribution in [0.15, 0.2) is 24.3 Å². The van der Waals surface area contributed by atoms with Crippen LogP contribution in [0.25, 0.3) is 0 Å². The van der Waals surface area contributed by atoms with Gasteiger partial charge in [0.1, 0.15) is 17.6 Å². The Hall–Kier alpha value is -1.71. The standard InChI is InChI=1S/C13H18N2O2/c1-10(14)15-8-6-13(7-9-15)17-12-4-2-11(16)3-5-12/h2-5,13-14,16H,6-9H2,1H3. The third-order valence-corrected chi connectivity index (χ3v) is 3.06. The normalized spacial score (nSPS) is 16.9. The van der Waals surface area contributed by atoms with Gasteiger partial charge in [-0.3, -0.25) is 5.41 Å². The van der Waals surface area contributed by atoms with Crippen LogP contribution in [0.5, 0.6) is 11.5 Å². The number of phenols is 1. The van der Waals surface area contributed by atoms with Crippen LogP contribution in [-0.4, -0.2) is 35.0 Å². The van der Waals surface area contributed by atoms with Crippen LogP contribution < -0.4 is 4.74 Å². The highest BCUT2D eigenvalue weighted by atomic mass is 16.5. The molecule has 2 N–H and O–H groups in total. The van der Waals surface area contributed by atoms with Gasteiger partial charge in [-0.25, -0.2) is 0 Å². The molecular weight excluding hydrogens is 216 g/mol. The summed E-state index contributed by atoms with van der Waals surface area (Å²) in [5.41, 5.74) is 0. The van der Waals surface area contributed by atoms with Crippen molar-refractivity contribution in [3.05, 3.63) is 24.3 Å². The third-order valence-electron chi connectivity index (χ3n) is 3.06. The largest absolute Gasteiger partial charge is 0.508 e. The quantitative estimate of drug-likeness (QED) is 0.609. The van der Waals surface area contributed by atoms with Crippen molar-refractivity contribution in [2.24, 2.45) is 0 Å². The Labute approximate surface area is 101 Å². The number of aromatic hydroxyl groups is 1. The number of benzene rings is 1. The van der Waals surface area contributed by atoms with Gasteiger partial charge in [-0.05, 0) is 31.2 Å². The predicted molar refractivity (Wildman–Crippen MR) is 66.7 cm³/mol. The first-order valence-corrected chi connectivity index (χ1v) is 5.91. The van der Waals surface area contributed by atoms with E-state index < -0.39 is 0 Å². The van der Waals surface area contributed by atoms with Crippen LogP contribution in [0.3, 0.4) is 0 Å². The van der Waals surface area contributed by atoms with Crippen molar-refractivity contribution in [1.82, 2.24) is 4.90 Å². The van der Waals surface area contributed by atoms with Crippen molar-refractivity contribution in [3.63, 3.8) is 0 Å². The fourth-order valence-corrected chi connectivity index (χ4v) is 2.03. The van der Waals surface area contributed by atoms with Gasteiger partial charge in [0.2, 0.25) is 0 Å². The number of piperidine rings is 1.